The maximum Gasteiger partial charge on any atom is 0.238 e. The lowest BCUT2D eigenvalue weighted by molar-refractivity contribution is -0.136. The van der Waals surface area contributed by atoms with Gasteiger partial charge in [0.05, 0.1) is 29.2 Å². The third-order valence-electron chi connectivity index (χ3n) is 11.9. The van der Waals surface area contributed by atoms with E-state index in [0.717, 1.165) is 22.3 Å². The van der Waals surface area contributed by atoms with Crippen molar-refractivity contribution in [3.8, 4) is 11.5 Å². The maximum atomic E-state index is 15.2. The molecule has 52 heavy (non-hydrogen) atoms. The number of hydrogen-bond donors (Lipinski definition) is 1. The van der Waals surface area contributed by atoms with Crippen LogP contribution >= 0.6 is 11.6 Å². The maximum absolute atomic E-state index is 15.2. The Kier molecular flexibility index (Phi) is 7.49. The molecule has 0 aromatic heterocycles. The van der Waals surface area contributed by atoms with Gasteiger partial charge in [-0.15, -0.1) is 0 Å². The summed E-state index contributed by atoms with van der Waals surface area (Å²) in [6, 6.07) is 28.8. The van der Waals surface area contributed by atoms with Gasteiger partial charge in [-0.25, -0.2) is 4.90 Å². The molecule has 4 aromatic carbocycles. The van der Waals surface area contributed by atoms with Crippen molar-refractivity contribution >= 4 is 46.2 Å². The first-order valence-corrected chi connectivity index (χ1v) is 18.0. The fourth-order valence-corrected chi connectivity index (χ4v) is 9.84. The van der Waals surface area contributed by atoms with E-state index in [1.807, 2.05) is 73.7 Å². The minimum atomic E-state index is -1.36. The number of hydrogen-bond acceptors (Lipinski definition) is 6. The van der Waals surface area contributed by atoms with Crippen LogP contribution in [0.3, 0.4) is 0 Å². The SMILES string of the molecule is Cc1ccc(N2C(=O)[C@H]3[C@H](CC=C4[C@H](C5=COc6ccc(O)cc6C5)[C@]5(c6ccccc6)C(=O)C=C(c6ccccc6)C(=O)[C@@H]5C[C@H]43)C2=O)cc1Cl. The predicted octanol–water partition coefficient (Wildman–Crippen LogP) is 7.73. The highest BCUT2D eigenvalue weighted by atomic mass is 35.5. The Morgan fingerprint density at radius 1 is 0.865 bits per heavy atom. The summed E-state index contributed by atoms with van der Waals surface area (Å²) in [5, 5.41) is 10.9. The van der Waals surface area contributed by atoms with Crippen LogP contribution < -0.4 is 9.64 Å². The minimum absolute atomic E-state index is 0.0891. The van der Waals surface area contributed by atoms with Crippen LogP contribution in [0.25, 0.3) is 5.57 Å². The minimum Gasteiger partial charge on any atom is -0.508 e. The first-order chi connectivity index (χ1) is 25.2. The van der Waals surface area contributed by atoms with Crippen molar-refractivity contribution in [1.82, 2.24) is 0 Å². The molecular formula is C44H34ClNO6. The molecule has 0 radical (unpaired) electrons. The number of allylic oxidation sites excluding steroid dienone is 5. The summed E-state index contributed by atoms with van der Waals surface area (Å²) in [7, 11) is 0. The fraction of sp³-hybridized carbons (Fsp3) is 0.227. The highest BCUT2D eigenvalue weighted by molar-refractivity contribution is 6.33. The lowest BCUT2D eigenvalue weighted by atomic mass is 9.44. The molecule has 2 aliphatic heterocycles. The lowest BCUT2D eigenvalue weighted by Gasteiger charge is -2.56. The lowest BCUT2D eigenvalue weighted by Crippen LogP contribution is -2.60. The predicted molar refractivity (Wildman–Crippen MR) is 197 cm³/mol. The third kappa shape index (κ3) is 4.65. The van der Waals surface area contributed by atoms with E-state index in [-0.39, 0.29) is 35.6 Å². The molecular weight excluding hydrogens is 674 g/mol. The zero-order valence-electron chi connectivity index (χ0n) is 28.3. The monoisotopic (exact) mass is 707 g/mol. The Bertz CT molecular complexity index is 2310. The Hall–Kier alpha value is -5.53. The first kappa shape index (κ1) is 32.4. The molecule has 8 heteroatoms. The molecule has 3 aliphatic carbocycles. The van der Waals surface area contributed by atoms with E-state index in [0.29, 0.717) is 46.0 Å². The van der Waals surface area contributed by atoms with Crippen molar-refractivity contribution in [3.05, 3.63) is 154 Å². The van der Waals surface area contributed by atoms with Gasteiger partial charge in [-0.2, -0.15) is 0 Å². The van der Waals surface area contributed by atoms with Crippen molar-refractivity contribution in [2.75, 3.05) is 4.90 Å². The van der Waals surface area contributed by atoms with Gasteiger partial charge in [0.25, 0.3) is 0 Å². The van der Waals surface area contributed by atoms with Crippen LogP contribution in [0, 0.1) is 36.5 Å². The molecule has 2 heterocycles. The number of aryl methyl sites for hydroxylation is 1. The number of rotatable bonds is 4. The Labute approximate surface area is 305 Å². The third-order valence-corrected chi connectivity index (χ3v) is 12.3. The molecule has 5 aliphatic rings. The van der Waals surface area contributed by atoms with Gasteiger partial charge in [-0.3, -0.25) is 19.2 Å². The van der Waals surface area contributed by atoms with Gasteiger partial charge in [0.2, 0.25) is 11.8 Å². The molecule has 7 nitrogen and oxygen atoms in total. The number of ether oxygens (including phenoxy) is 1. The Balaban J connectivity index is 1.25. The van der Waals surface area contributed by atoms with Crippen LogP contribution in [-0.2, 0) is 31.0 Å². The summed E-state index contributed by atoms with van der Waals surface area (Å²) >= 11 is 6.48. The average molecular weight is 708 g/mol. The van der Waals surface area contributed by atoms with Crippen molar-refractivity contribution in [1.29, 1.82) is 0 Å². The quantitative estimate of drug-likeness (QED) is 0.172. The molecule has 2 amide bonds. The van der Waals surface area contributed by atoms with Gasteiger partial charge in [-0.1, -0.05) is 90.0 Å². The summed E-state index contributed by atoms with van der Waals surface area (Å²) < 4.78 is 6.20. The van der Waals surface area contributed by atoms with E-state index >= 15 is 9.59 Å². The standard InChI is InChI=1S/C44H34ClNO6/c1-24-12-13-29(20-36(24)45)46-42(50)32-16-15-31-34(39(32)43(46)51)21-35-41(49)33(25-8-4-2-5-9-25)22-38(48)44(35,28-10-6-3-7-11-28)40(31)27-18-26-19-30(47)14-17-37(26)52-23-27/h2-15,17,19-20,22-23,32,34-35,39-40,47H,16,18,21H2,1H3/t32-,34+,35-,39-,40-,44-/m0/s1. The van der Waals surface area contributed by atoms with E-state index in [1.54, 1.807) is 42.7 Å². The number of ketones is 2. The van der Waals surface area contributed by atoms with Gasteiger partial charge in [0.1, 0.15) is 11.5 Å². The van der Waals surface area contributed by atoms with E-state index in [9.17, 15) is 14.7 Å². The van der Waals surface area contributed by atoms with Crippen LogP contribution in [0.15, 0.2) is 127 Å². The van der Waals surface area contributed by atoms with Crippen LogP contribution in [0.2, 0.25) is 5.02 Å². The second kappa shape index (κ2) is 12.0. The van der Waals surface area contributed by atoms with Crippen LogP contribution in [0.5, 0.6) is 11.5 Å². The summed E-state index contributed by atoms with van der Waals surface area (Å²) in [4.78, 5) is 60.4. The van der Waals surface area contributed by atoms with E-state index < -0.39 is 35.0 Å². The number of imide groups is 1. The summed E-state index contributed by atoms with van der Waals surface area (Å²) in [6.07, 6.45) is 6.10. The smallest absolute Gasteiger partial charge is 0.238 e. The van der Waals surface area contributed by atoms with Gasteiger partial charge < -0.3 is 9.84 Å². The number of anilines is 1. The van der Waals surface area contributed by atoms with Gasteiger partial charge in [0.15, 0.2) is 11.6 Å². The number of phenolic OH excluding ortho intramolecular Hbond substituents is 1. The number of halogens is 1. The number of aromatic hydroxyl groups is 1. The first-order valence-electron chi connectivity index (χ1n) is 17.6. The topological polar surface area (TPSA) is 101 Å². The number of benzene rings is 4. The average Bonchev–Trinajstić information content (AvgIpc) is 3.42. The molecule has 258 valence electrons. The molecule has 0 bridgehead atoms. The van der Waals surface area contributed by atoms with E-state index in [1.165, 1.54) is 11.0 Å². The number of carbonyl (C=O) groups is 4. The molecule has 2 fully saturated rings. The molecule has 1 N–H and O–H groups in total. The molecule has 0 spiro atoms. The number of amides is 2. The second-order valence-electron chi connectivity index (χ2n) is 14.5. The molecule has 0 unspecified atom stereocenters. The highest BCUT2D eigenvalue weighted by Gasteiger charge is 2.66. The van der Waals surface area contributed by atoms with Crippen molar-refractivity contribution in [3.63, 3.8) is 0 Å². The fourth-order valence-electron chi connectivity index (χ4n) is 9.67. The summed E-state index contributed by atoms with van der Waals surface area (Å²) in [5.74, 6) is -3.70. The number of phenols is 1. The normalized spacial score (nSPS) is 27.8. The van der Waals surface area contributed by atoms with E-state index in [4.69, 9.17) is 16.3 Å². The zero-order chi connectivity index (χ0) is 35.9. The van der Waals surface area contributed by atoms with Crippen molar-refractivity contribution in [2.24, 2.45) is 29.6 Å². The highest BCUT2D eigenvalue weighted by Crippen LogP contribution is 2.63. The molecule has 9 rings (SSSR count). The van der Waals surface area contributed by atoms with Crippen LogP contribution in [0.4, 0.5) is 5.69 Å². The Morgan fingerprint density at radius 2 is 1.62 bits per heavy atom. The number of nitrogens with zero attached hydrogens (tertiary/aromatic N) is 1. The number of carbonyl (C=O) groups excluding carboxylic acids is 4. The molecule has 1 saturated carbocycles. The van der Waals surface area contributed by atoms with E-state index in [2.05, 4.69) is 0 Å². The molecule has 6 atom stereocenters. The Morgan fingerprint density at radius 3 is 2.37 bits per heavy atom. The second-order valence-corrected chi connectivity index (χ2v) is 14.9. The van der Waals surface area contributed by atoms with Crippen molar-refractivity contribution < 1.29 is 29.0 Å². The molecule has 4 aromatic rings. The molecule has 1 saturated heterocycles. The van der Waals surface area contributed by atoms with Crippen LogP contribution in [-0.4, -0.2) is 28.5 Å². The van der Waals surface area contributed by atoms with Crippen molar-refractivity contribution in [2.45, 2.75) is 31.6 Å². The number of Topliss-reactive ketones (excluding diaryl/α,β-unsaturated/α-hetero) is 1. The van der Waals surface area contributed by atoms with Crippen LogP contribution in [0.1, 0.15) is 35.1 Å². The summed E-state index contributed by atoms with van der Waals surface area (Å²) in [6.45, 7) is 1.86. The largest absolute Gasteiger partial charge is 0.508 e. The summed E-state index contributed by atoms with van der Waals surface area (Å²) in [5.41, 5.74) is 3.98. The zero-order valence-corrected chi connectivity index (χ0v) is 29.0. The van der Waals surface area contributed by atoms with Gasteiger partial charge in [0, 0.05) is 34.4 Å². The number of fused-ring (bicyclic) bond motifs is 5. The van der Waals surface area contributed by atoms with Gasteiger partial charge in [-0.05, 0) is 84.4 Å². The van der Waals surface area contributed by atoms with Gasteiger partial charge >= 0.3 is 0 Å².